The van der Waals surface area contributed by atoms with Gasteiger partial charge >= 0.3 is 11.9 Å². The van der Waals surface area contributed by atoms with Crippen LogP contribution < -0.4 is 5.32 Å². The Morgan fingerprint density at radius 3 is 2.44 bits per heavy atom. The highest BCUT2D eigenvalue weighted by molar-refractivity contribution is 7.99. The number of furan rings is 1. The number of hydrogen-bond acceptors (Lipinski definition) is 7. The minimum absolute atomic E-state index is 0.190. The van der Waals surface area contributed by atoms with Gasteiger partial charge in [0, 0.05) is 5.69 Å². The van der Waals surface area contributed by atoms with Crippen molar-refractivity contribution in [2.45, 2.75) is 19.6 Å². The van der Waals surface area contributed by atoms with Gasteiger partial charge in [0.2, 0.25) is 5.91 Å². The average Bonchev–Trinajstić information content (AvgIpc) is 3.02. The molecule has 0 bridgehead atoms. The number of amides is 1. The third-order valence-corrected chi connectivity index (χ3v) is 4.74. The summed E-state index contributed by atoms with van der Waals surface area (Å²) < 4.78 is 14.9. The molecular formula is C19H21NO6S. The summed E-state index contributed by atoms with van der Waals surface area (Å²) in [4.78, 5) is 35.4. The molecule has 2 aromatic rings. The third kappa shape index (κ3) is 5.37. The molecule has 1 N–H and O–H groups in total. The summed E-state index contributed by atoms with van der Waals surface area (Å²) in [5, 5.41) is 2.79. The maximum atomic E-state index is 12.2. The molecule has 0 unspecified atom stereocenters. The number of thioether (sulfide) groups is 1. The highest BCUT2D eigenvalue weighted by atomic mass is 32.2. The first-order chi connectivity index (χ1) is 12.8. The number of carbonyl (C=O) groups is 3. The van der Waals surface area contributed by atoms with E-state index in [1.165, 1.54) is 26.0 Å². The van der Waals surface area contributed by atoms with Gasteiger partial charge < -0.3 is 19.2 Å². The number of ether oxygens (including phenoxy) is 2. The van der Waals surface area contributed by atoms with Gasteiger partial charge in [-0.2, -0.15) is 0 Å². The first-order valence-electron chi connectivity index (χ1n) is 8.10. The Bertz CT molecular complexity index is 858. The van der Waals surface area contributed by atoms with Crippen LogP contribution in [0.15, 0.2) is 28.7 Å². The smallest absolute Gasteiger partial charge is 0.341 e. The lowest BCUT2D eigenvalue weighted by molar-refractivity contribution is -0.113. The number of methoxy groups -OCH3 is 2. The van der Waals surface area contributed by atoms with Crippen molar-refractivity contribution in [3.63, 3.8) is 0 Å². The molecule has 27 heavy (non-hydrogen) atoms. The number of rotatable bonds is 7. The number of esters is 2. The van der Waals surface area contributed by atoms with E-state index in [2.05, 4.69) is 14.8 Å². The van der Waals surface area contributed by atoms with Crippen LogP contribution >= 0.6 is 11.8 Å². The molecule has 1 amide bonds. The van der Waals surface area contributed by atoms with E-state index in [0.29, 0.717) is 34.1 Å². The number of hydrogen-bond donors (Lipinski definition) is 1. The minimum atomic E-state index is -0.463. The van der Waals surface area contributed by atoms with Crippen LogP contribution in [-0.4, -0.2) is 37.8 Å². The quantitative estimate of drug-likeness (QED) is 0.723. The minimum Gasteiger partial charge on any atom is -0.465 e. The van der Waals surface area contributed by atoms with E-state index in [9.17, 15) is 14.4 Å². The van der Waals surface area contributed by atoms with Crippen LogP contribution in [0.5, 0.6) is 0 Å². The Kier molecular flexibility index (Phi) is 7.06. The lowest BCUT2D eigenvalue weighted by Crippen LogP contribution is -2.15. The molecule has 0 saturated carbocycles. The van der Waals surface area contributed by atoms with Crippen molar-refractivity contribution in [1.82, 2.24) is 0 Å². The SMILES string of the molecule is COC(=O)c1ccc(C)c(NC(=O)CSCc2cc(C(=O)OC)c(C)o2)c1. The molecule has 1 heterocycles. The summed E-state index contributed by atoms with van der Waals surface area (Å²) in [5.41, 5.74) is 2.15. The lowest BCUT2D eigenvalue weighted by Gasteiger charge is -2.09. The van der Waals surface area contributed by atoms with Crippen LogP contribution in [0.3, 0.4) is 0 Å². The van der Waals surface area contributed by atoms with Gasteiger partial charge in [-0.15, -0.1) is 11.8 Å². The lowest BCUT2D eigenvalue weighted by atomic mass is 10.1. The van der Waals surface area contributed by atoms with E-state index >= 15 is 0 Å². The van der Waals surface area contributed by atoms with Crippen LogP contribution in [0.1, 0.15) is 37.8 Å². The first kappa shape index (κ1) is 20.6. The van der Waals surface area contributed by atoms with E-state index in [1.54, 1.807) is 31.2 Å². The molecule has 0 fully saturated rings. The Morgan fingerprint density at radius 1 is 1.07 bits per heavy atom. The molecule has 0 aliphatic carbocycles. The second-order valence-electron chi connectivity index (χ2n) is 5.74. The Morgan fingerprint density at radius 2 is 1.78 bits per heavy atom. The van der Waals surface area contributed by atoms with Gasteiger partial charge in [0.05, 0.1) is 31.3 Å². The maximum Gasteiger partial charge on any atom is 0.341 e. The van der Waals surface area contributed by atoms with Crippen molar-refractivity contribution in [2.75, 3.05) is 25.3 Å². The molecule has 8 heteroatoms. The standard InChI is InChI=1S/C19H21NO6S/c1-11-5-6-13(18(22)24-3)7-16(11)20-17(21)10-27-9-14-8-15(12(2)26-14)19(23)25-4/h5-8H,9-10H2,1-4H3,(H,20,21). The zero-order chi connectivity index (χ0) is 20.0. The number of aryl methyl sites for hydroxylation is 2. The summed E-state index contributed by atoms with van der Waals surface area (Å²) in [6.07, 6.45) is 0. The topological polar surface area (TPSA) is 94.8 Å². The van der Waals surface area contributed by atoms with E-state index < -0.39 is 11.9 Å². The molecule has 1 aromatic carbocycles. The van der Waals surface area contributed by atoms with Gasteiger partial charge in [-0.3, -0.25) is 4.79 Å². The zero-order valence-corrected chi connectivity index (χ0v) is 16.4. The van der Waals surface area contributed by atoms with Gasteiger partial charge in [0.1, 0.15) is 17.1 Å². The normalized spacial score (nSPS) is 10.4. The second-order valence-corrected chi connectivity index (χ2v) is 6.72. The molecule has 0 saturated heterocycles. The molecule has 0 aliphatic rings. The van der Waals surface area contributed by atoms with Gasteiger partial charge in [-0.25, -0.2) is 9.59 Å². The number of benzene rings is 1. The molecule has 0 atom stereocenters. The van der Waals surface area contributed by atoms with Gasteiger partial charge in [-0.1, -0.05) is 6.07 Å². The number of carbonyl (C=O) groups excluding carboxylic acids is 3. The summed E-state index contributed by atoms with van der Waals surface area (Å²) in [7, 11) is 2.61. The Labute approximate surface area is 161 Å². The van der Waals surface area contributed by atoms with Crippen molar-refractivity contribution in [3.05, 3.63) is 52.5 Å². The Balaban J connectivity index is 1.92. The number of anilines is 1. The highest BCUT2D eigenvalue weighted by Gasteiger charge is 2.16. The van der Waals surface area contributed by atoms with E-state index in [1.807, 2.05) is 6.92 Å². The fraction of sp³-hybridized carbons (Fsp3) is 0.316. The van der Waals surface area contributed by atoms with Gasteiger partial charge in [0.25, 0.3) is 0 Å². The highest BCUT2D eigenvalue weighted by Crippen LogP contribution is 2.21. The van der Waals surface area contributed by atoms with Crippen molar-refractivity contribution in [1.29, 1.82) is 0 Å². The van der Waals surface area contributed by atoms with Crippen molar-refractivity contribution >= 4 is 35.3 Å². The van der Waals surface area contributed by atoms with Crippen molar-refractivity contribution in [2.24, 2.45) is 0 Å². The predicted octanol–water partition coefficient (Wildman–Crippen LogP) is 3.34. The molecular weight excluding hydrogens is 370 g/mol. The molecule has 0 radical (unpaired) electrons. The fourth-order valence-electron chi connectivity index (χ4n) is 2.36. The second kappa shape index (κ2) is 9.27. The third-order valence-electron chi connectivity index (χ3n) is 3.78. The zero-order valence-electron chi connectivity index (χ0n) is 15.6. The summed E-state index contributed by atoms with van der Waals surface area (Å²) in [6.45, 7) is 3.52. The van der Waals surface area contributed by atoms with Crippen molar-refractivity contribution in [3.8, 4) is 0 Å². The molecule has 144 valence electrons. The van der Waals surface area contributed by atoms with Crippen LogP contribution in [0.4, 0.5) is 5.69 Å². The van der Waals surface area contributed by atoms with Crippen LogP contribution in [0.25, 0.3) is 0 Å². The van der Waals surface area contributed by atoms with Crippen LogP contribution in [-0.2, 0) is 20.0 Å². The molecule has 1 aromatic heterocycles. The fourth-order valence-corrected chi connectivity index (χ4v) is 3.06. The first-order valence-corrected chi connectivity index (χ1v) is 9.25. The monoisotopic (exact) mass is 391 g/mol. The van der Waals surface area contributed by atoms with Gasteiger partial charge in [0.15, 0.2) is 0 Å². The largest absolute Gasteiger partial charge is 0.465 e. The van der Waals surface area contributed by atoms with E-state index in [0.717, 1.165) is 5.56 Å². The van der Waals surface area contributed by atoms with Crippen LogP contribution in [0, 0.1) is 13.8 Å². The molecule has 2 rings (SSSR count). The summed E-state index contributed by atoms with van der Waals surface area (Å²) in [6, 6.07) is 6.59. The summed E-state index contributed by atoms with van der Waals surface area (Å²) in [5.74, 6) is 0.579. The van der Waals surface area contributed by atoms with E-state index in [-0.39, 0.29) is 11.7 Å². The van der Waals surface area contributed by atoms with Gasteiger partial charge in [-0.05, 0) is 37.6 Å². The van der Waals surface area contributed by atoms with Crippen LogP contribution in [0.2, 0.25) is 0 Å². The number of nitrogens with one attached hydrogen (secondary N) is 1. The Hall–Kier alpha value is -2.74. The average molecular weight is 391 g/mol. The maximum absolute atomic E-state index is 12.2. The summed E-state index contributed by atoms with van der Waals surface area (Å²) >= 11 is 1.35. The van der Waals surface area contributed by atoms with Crippen molar-refractivity contribution < 1.29 is 28.3 Å². The predicted molar refractivity (Wildman–Crippen MR) is 102 cm³/mol. The molecule has 0 spiro atoms. The van der Waals surface area contributed by atoms with E-state index in [4.69, 9.17) is 4.42 Å². The molecule has 7 nitrogen and oxygen atoms in total. The molecule has 0 aliphatic heterocycles.